The number of pyridine rings is 1. The summed E-state index contributed by atoms with van der Waals surface area (Å²) in [5, 5.41) is 5.89. The lowest BCUT2D eigenvalue weighted by molar-refractivity contribution is -0.183. The third-order valence-corrected chi connectivity index (χ3v) is 4.42. The summed E-state index contributed by atoms with van der Waals surface area (Å²) in [4.78, 5) is 28.2. The average molecular weight is 405 g/mol. The third-order valence-electron chi connectivity index (χ3n) is 4.42. The summed E-state index contributed by atoms with van der Waals surface area (Å²) >= 11 is 0. The number of nitrogens with zero attached hydrogens (tertiary/aromatic N) is 1. The van der Waals surface area contributed by atoms with E-state index in [1.54, 1.807) is 24.3 Å². The molecule has 3 N–H and O–H groups in total. The molecule has 1 atom stereocenters. The first kappa shape index (κ1) is 21.2. The number of piperazine rings is 1. The molecule has 1 aliphatic rings. The summed E-state index contributed by atoms with van der Waals surface area (Å²) < 4.78 is 40.1. The normalized spacial score (nSPS) is 16.6. The second-order valence-electron chi connectivity index (χ2n) is 6.15. The summed E-state index contributed by atoms with van der Waals surface area (Å²) in [7, 11) is 0. The van der Waals surface area contributed by atoms with Crippen LogP contribution in [0, 0.1) is 0 Å². The quantitative estimate of drug-likeness (QED) is 0.722. The van der Waals surface area contributed by atoms with Crippen LogP contribution in [-0.2, 0) is 0 Å². The van der Waals surface area contributed by atoms with E-state index >= 15 is 0 Å². The molecule has 1 unspecified atom stereocenters. The SMILES string of the molecule is Cl.O=C(NCC(N1CCNCC1)C(F)(F)F)c1cc2ccccc2[nH]c1=O. The number of aromatic amines is 1. The van der Waals surface area contributed by atoms with Crippen molar-refractivity contribution in [2.75, 3.05) is 32.7 Å². The van der Waals surface area contributed by atoms with Gasteiger partial charge < -0.3 is 15.6 Å². The highest BCUT2D eigenvalue weighted by molar-refractivity contribution is 5.97. The molecule has 0 saturated carbocycles. The summed E-state index contributed by atoms with van der Waals surface area (Å²) in [6.07, 6.45) is -4.47. The van der Waals surface area contributed by atoms with Crippen LogP contribution in [0.1, 0.15) is 10.4 Å². The monoisotopic (exact) mass is 404 g/mol. The lowest BCUT2D eigenvalue weighted by Crippen LogP contribution is -2.57. The Labute approximate surface area is 159 Å². The zero-order valence-electron chi connectivity index (χ0n) is 14.3. The van der Waals surface area contributed by atoms with Crippen molar-refractivity contribution in [1.82, 2.24) is 20.5 Å². The molecule has 0 radical (unpaired) electrons. The van der Waals surface area contributed by atoms with E-state index in [9.17, 15) is 22.8 Å². The Morgan fingerprint density at radius 3 is 2.56 bits per heavy atom. The maximum atomic E-state index is 13.4. The van der Waals surface area contributed by atoms with Crippen LogP contribution in [0.15, 0.2) is 35.1 Å². The van der Waals surface area contributed by atoms with Crippen molar-refractivity contribution in [2.24, 2.45) is 0 Å². The average Bonchev–Trinajstić information content (AvgIpc) is 2.61. The number of nitrogens with one attached hydrogen (secondary N) is 3. The van der Waals surface area contributed by atoms with Gasteiger partial charge in [0.05, 0.1) is 0 Å². The first-order valence-corrected chi connectivity index (χ1v) is 8.28. The molecule has 1 amide bonds. The molecule has 1 fully saturated rings. The zero-order chi connectivity index (χ0) is 18.7. The molecular formula is C17H20ClF3N4O2. The number of carbonyl (C=O) groups excluding carboxylic acids is 1. The first-order chi connectivity index (χ1) is 12.4. The highest BCUT2D eigenvalue weighted by Crippen LogP contribution is 2.24. The number of benzene rings is 1. The number of carbonyl (C=O) groups is 1. The molecule has 1 saturated heterocycles. The van der Waals surface area contributed by atoms with E-state index in [0.717, 1.165) is 0 Å². The van der Waals surface area contributed by atoms with Gasteiger partial charge in [-0.05, 0) is 17.5 Å². The fraction of sp³-hybridized carbons (Fsp3) is 0.412. The lowest BCUT2D eigenvalue weighted by Gasteiger charge is -2.35. The number of halogens is 4. The molecule has 10 heteroatoms. The second-order valence-corrected chi connectivity index (χ2v) is 6.15. The van der Waals surface area contributed by atoms with Crippen LogP contribution < -0.4 is 16.2 Å². The molecule has 1 aliphatic heterocycles. The molecular weight excluding hydrogens is 385 g/mol. The number of rotatable bonds is 4. The van der Waals surface area contributed by atoms with Crippen LogP contribution in [-0.4, -0.2) is 60.7 Å². The van der Waals surface area contributed by atoms with E-state index in [2.05, 4.69) is 15.6 Å². The van der Waals surface area contributed by atoms with Crippen LogP contribution in [0.25, 0.3) is 10.9 Å². The Morgan fingerprint density at radius 2 is 1.89 bits per heavy atom. The van der Waals surface area contributed by atoms with Crippen molar-refractivity contribution in [1.29, 1.82) is 0 Å². The number of aromatic nitrogens is 1. The van der Waals surface area contributed by atoms with Crippen molar-refractivity contribution in [3.63, 3.8) is 0 Å². The van der Waals surface area contributed by atoms with Gasteiger partial charge in [-0.25, -0.2) is 0 Å². The third kappa shape index (κ3) is 5.00. The first-order valence-electron chi connectivity index (χ1n) is 8.28. The molecule has 0 aliphatic carbocycles. The Hall–Kier alpha value is -2.10. The molecule has 1 aromatic heterocycles. The second kappa shape index (κ2) is 8.73. The molecule has 0 spiro atoms. The number of hydrogen-bond donors (Lipinski definition) is 3. The smallest absolute Gasteiger partial charge is 0.350 e. The summed E-state index contributed by atoms with van der Waals surface area (Å²) in [5.41, 5.74) is -0.278. The topological polar surface area (TPSA) is 77.2 Å². The molecule has 2 heterocycles. The van der Waals surface area contributed by atoms with Crippen LogP contribution in [0.2, 0.25) is 0 Å². The van der Waals surface area contributed by atoms with E-state index in [4.69, 9.17) is 0 Å². The molecule has 3 rings (SSSR count). The van der Waals surface area contributed by atoms with Gasteiger partial charge in [-0.2, -0.15) is 13.2 Å². The van der Waals surface area contributed by atoms with Gasteiger partial charge in [0.15, 0.2) is 0 Å². The highest BCUT2D eigenvalue weighted by Gasteiger charge is 2.43. The Balaban J connectivity index is 0.00000261. The predicted molar refractivity (Wildman–Crippen MR) is 98.4 cm³/mol. The summed E-state index contributed by atoms with van der Waals surface area (Å²) in [6, 6.07) is 6.47. The number of H-pyrrole nitrogens is 1. The van der Waals surface area contributed by atoms with Gasteiger partial charge in [-0.3, -0.25) is 14.5 Å². The summed E-state index contributed by atoms with van der Waals surface area (Å²) in [6.45, 7) is 0.817. The van der Waals surface area contributed by atoms with Crippen LogP contribution >= 0.6 is 12.4 Å². The van der Waals surface area contributed by atoms with Gasteiger partial charge in [0, 0.05) is 38.2 Å². The Morgan fingerprint density at radius 1 is 1.22 bits per heavy atom. The maximum Gasteiger partial charge on any atom is 0.405 e. The number of para-hydroxylation sites is 1. The van der Waals surface area contributed by atoms with Crippen LogP contribution in [0.3, 0.4) is 0 Å². The maximum absolute atomic E-state index is 13.4. The van der Waals surface area contributed by atoms with Gasteiger partial charge in [0.25, 0.3) is 11.5 Å². The van der Waals surface area contributed by atoms with Crippen molar-refractivity contribution in [3.05, 3.63) is 46.2 Å². The van der Waals surface area contributed by atoms with E-state index in [0.29, 0.717) is 24.0 Å². The summed E-state index contributed by atoms with van der Waals surface area (Å²) in [5.74, 6) is -0.818. The Bertz CT molecular complexity index is 850. The van der Waals surface area contributed by atoms with Crippen molar-refractivity contribution >= 4 is 29.2 Å². The van der Waals surface area contributed by atoms with Gasteiger partial charge in [0.2, 0.25) is 0 Å². The number of fused-ring (bicyclic) bond motifs is 1. The van der Waals surface area contributed by atoms with E-state index in [1.165, 1.54) is 11.0 Å². The number of amides is 1. The van der Waals surface area contributed by atoms with Crippen LogP contribution in [0.5, 0.6) is 0 Å². The number of alkyl halides is 3. The molecule has 2 aromatic rings. The van der Waals surface area contributed by atoms with Crippen LogP contribution in [0.4, 0.5) is 13.2 Å². The molecule has 0 bridgehead atoms. The van der Waals surface area contributed by atoms with Gasteiger partial charge in [-0.15, -0.1) is 12.4 Å². The zero-order valence-corrected chi connectivity index (χ0v) is 15.1. The van der Waals surface area contributed by atoms with E-state index in [1.807, 2.05) is 0 Å². The fourth-order valence-corrected chi connectivity index (χ4v) is 3.05. The highest BCUT2D eigenvalue weighted by atomic mass is 35.5. The molecule has 1 aromatic carbocycles. The largest absolute Gasteiger partial charge is 0.405 e. The van der Waals surface area contributed by atoms with E-state index < -0.39 is 30.2 Å². The van der Waals surface area contributed by atoms with E-state index in [-0.39, 0.29) is 31.1 Å². The lowest BCUT2D eigenvalue weighted by atomic mass is 10.1. The minimum Gasteiger partial charge on any atom is -0.350 e. The number of hydrogen-bond acceptors (Lipinski definition) is 4. The minimum absolute atomic E-state index is 0. The standard InChI is InChI=1S/C17H19F3N4O2.ClH/c18-17(19,20)14(24-7-5-21-6-8-24)10-22-15(25)12-9-11-3-1-2-4-13(11)23-16(12)26;/h1-4,9,14,21H,5-8,10H2,(H,22,25)(H,23,26);1H. The molecule has 148 valence electrons. The minimum atomic E-state index is -4.47. The van der Waals surface area contributed by atoms with Crippen molar-refractivity contribution in [3.8, 4) is 0 Å². The fourth-order valence-electron chi connectivity index (χ4n) is 3.05. The van der Waals surface area contributed by atoms with Crippen molar-refractivity contribution < 1.29 is 18.0 Å². The Kier molecular flexibility index (Phi) is 6.85. The van der Waals surface area contributed by atoms with Gasteiger partial charge in [-0.1, -0.05) is 18.2 Å². The van der Waals surface area contributed by atoms with Crippen molar-refractivity contribution in [2.45, 2.75) is 12.2 Å². The van der Waals surface area contributed by atoms with Gasteiger partial charge in [0.1, 0.15) is 11.6 Å². The molecule has 6 nitrogen and oxygen atoms in total. The van der Waals surface area contributed by atoms with Gasteiger partial charge >= 0.3 is 6.18 Å². The predicted octanol–water partition coefficient (Wildman–Crippen LogP) is 1.52. The molecule has 27 heavy (non-hydrogen) atoms.